The largest absolute Gasteiger partial charge is 0.469 e. The van der Waals surface area contributed by atoms with Gasteiger partial charge in [0.15, 0.2) is 0 Å². The number of rotatable bonds is 1. The number of hydrogen-bond donors (Lipinski definition) is 3. The molecule has 4 N–H and O–H groups in total. The van der Waals surface area contributed by atoms with Crippen LogP contribution in [0.4, 0.5) is 11.4 Å². The van der Waals surface area contributed by atoms with Gasteiger partial charge in [-0.25, -0.2) is 4.98 Å². The maximum absolute atomic E-state index is 8.85. The number of nitrogens with one attached hydrogen (secondary N) is 1. The van der Waals surface area contributed by atoms with Gasteiger partial charge in [-0.3, -0.25) is 0 Å². The normalized spacial score (nSPS) is 19.9. The Balaban J connectivity index is 2.26. The maximum Gasteiger partial charge on any atom is 0.237 e. The maximum atomic E-state index is 8.85. The molecule has 13 heavy (non-hydrogen) atoms. The lowest BCUT2D eigenvalue weighted by molar-refractivity contribution is 0.115. The van der Waals surface area contributed by atoms with Gasteiger partial charge in [0.05, 0.1) is 30.7 Å². The average molecular weight is 181 g/mol. The standard InChI is InChI=1S/C8H11N3O2/c9-5-1-7-8(11-2-5)13-6(4-12)3-10-7/h1-2,6,10,12H,3-4,9H2. The summed E-state index contributed by atoms with van der Waals surface area (Å²) < 4.78 is 5.36. The molecule has 0 bridgehead atoms. The Morgan fingerprint density at radius 2 is 2.62 bits per heavy atom. The van der Waals surface area contributed by atoms with Crippen LogP contribution in [0.15, 0.2) is 12.3 Å². The number of hydrogen-bond acceptors (Lipinski definition) is 5. The molecule has 2 rings (SSSR count). The third kappa shape index (κ3) is 1.50. The molecule has 5 heteroatoms. The molecule has 2 heterocycles. The number of aliphatic hydroxyl groups excluding tert-OH is 1. The Hall–Kier alpha value is -1.49. The first-order valence-electron chi connectivity index (χ1n) is 4.06. The molecule has 0 amide bonds. The minimum Gasteiger partial charge on any atom is -0.469 e. The van der Waals surface area contributed by atoms with Crippen LogP contribution in [0.3, 0.4) is 0 Å². The lowest BCUT2D eigenvalue weighted by Gasteiger charge is -2.24. The third-order valence-electron chi connectivity index (χ3n) is 1.87. The minimum atomic E-state index is -0.219. The van der Waals surface area contributed by atoms with E-state index in [1.54, 1.807) is 6.07 Å². The lowest BCUT2D eigenvalue weighted by atomic mass is 10.3. The van der Waals surface area contributed by atoms with Crippen LogP contribution in [0.1, 0.15) is 0 Å². The summed E-state index contributed by atoms with van der Waals surface area (Å²) in [5.74, 6) is 0.500. The van der Waals surface area contributed by atoms with Crippen LogP contribution in [0, 0.1) is 0 Å². The first kappa shape index (κ1) is 8.12. The van der Waals surface area contributed by atoms with Crippen LogP contribution < -0.4 is 15.8 Å². The third-order valence-corrected chi connectivity index (χ3v) is 1.87. The molecule has 0 aromatic carbocycles. The number of pyridine rings is 1. The number of aliphatic hydroxyl groups is 1. The summed E-state index contributed by atoms with van der Waals surface area (Å²) >= 11 is 0. The molecule has 0 spiro atoms. The van der Waals surface area contributed by atoms with E-state index in [1.807, 2.05) is 0 Å². The molecule has 70 valence electrons. The summed E-state index contributed by atoms with van der Waals surface area (Å²) in [6.45, 7) is 0.563. The van der Waals surface area contributed by atoms with Crippen molar-refractivity contribution in [1.29, 1.82) is 0 Å². The molecule has 0 radical (unpaired) electrons. The number of nitrogens with two attached hydrogens (primary N) is 1. The quantitative estimate of drug-likeness (QED) is 0.560. The van der Waals surface area contributed by atoms with Gasteiger partial charge in [-0.2, -0.15) is 0 Å². The van der Waals surface area contributed by atoms with E-state index in [0.717, 1.165) is 5.69 Å². The summed E-state index contributed by atoms with van der Waals surface area (Å²) in [7, 11) is 0. The van der Waals surface area contributed by atoms with E-state index >= 15 is 0 Å². The van der Waals surface area contributed by atoms with Crippen LogP contribution in [-0.2, 0) is 0 Å². The lowest BCUT2D eigenvalue weighted by Crippen LogP contribution is -2.34. The first-order chi connectivity index (χ1) is 6.29. The average Bonchev–Trinajstić information content (AvgIpc) is 2.17. The Morgan fingerprint density at radius 3 is 3.38 bits per heavy atom. The predicted octanol–water partition coefficient (Wildman–Crippen LogP) is -0.171. The van der Waals surface area contributed by atoms with Crippen molar-refractivity contribution < 1.29 is 9.84 Å². The van der Waals surface area contributed by atoms with Crippen molar-refractivity contribution in [3.05, 3.63) is 12.3 Å². The SMILES string of the molecule is Nc1cnc2c(c1)NCC(CO)O2. The van der Waals surface area contributed by atoms with Gasteiger partial charge in [0, 0.05) is 0 Å². The topological polar surface area (TPSA) is 80.4 Å². The Labute approximate surface area is 75.5 Å². The van der Waals surface area contributed by atoms with Gasteiger partial charge in [0.25, 0.3) is 0 Å². The molecule has 1 aliphatic heterocycles. The summed E-state index contributed by atoms with van der Waals surface area (Å²) in [5.41, 5.74) is 6.92. The van der Waals surface area contributed by atoms with Crippen molar-refractivity contribution in [3.63, 3.8) is 0 Å². The molecule has 5 nitrogen and oxygen atoms in total. The molecular weight excluding hydrogens is 170 g/mol. The van der Waals surface area contributed by atoms with E-state index in [1.165, 1.54) is 6.20 Å². The molecular formula is C8H11N3O2. The van der Waals surface area contributed by atoms with Crippen molar-refractivity contribution >= 4 is 11.4 Å². The van der Waals surface area contributed by atoms with E-state index in [9.17, 15) is 0 Å². The molecule has 0 saturated carbocycles. The van der Waals surface area contributed by atoms with Crippen LogP contribution in [0.25, 0.3) is 0 Å². The van der Waals surface area contributed by atoms with Gasteiger partial charge in [-0.05, 0) is 6.07 Å². The second kappa shape index (κ2) is 3.10. The van der Waals surface area contributed by atoms with Gasteiger partial charge in [-0.1, -0.05) is 0 Å². The number of nitrogens with zero attached hydrogens (tertiary/aromatic N) is 1. The van der Waals surface area contributed by atoms with Crippen molar-refractivity contribution in [2.45, 2.75) is 6.10 Å². The monoisotopic (exact) mass is 181 g/mol. The molecule has 1 atom stereocenters. The van der Waals surface area contributed by atoms with Crippen LogP contribution >= 0.6 is 0 Å². The fourth-order valence-electron chi connectivity index (χ4n) is 1.21. The van der Waals surface area contributed by atoms with E-state index in [2.05, 4.69) is 10.3 Å². The van der Waals surface area contributed by atoms with Crippen molar-refractivity contribution in [2.24, 2.45) is 0 Å². The Bertz CT molecular complexity index is 316. The fourth-order valence-corrected chi connectivity index (χ4v) is 1.21. The van der Waals surface area contributed by atoms with E-state index in [0.29, 0.717) is 18.1 Å². The predicted molar refractivity (Wildman–Crippen MR) is 48.6 cm³/mol. The first-order valence-corrected chi connectivity index (χ1v) is 4.06. The highest BCUT2D eigenvalue weighted by molar-refractivity contribution is 5.60. The molecule has 0 saturated heterocycles. The van der Waals surface area contributed by atoms with Gasteiger partial charge >= 0.3 is 0 Å². The van der Waals surface area contributed by atoms with E-state index in [-0.39, 0.29) is 12.7 Å². The zero-order valence-corrected chi connectivity index (χ0v) is 7.03. The summed E-state index contributed by atoms with van der Waals surface area (Å²) in [4.78, 5) is 4.00. The molecule has 1 aromatic heterocycles. The molecule has 0 aliphatic carbocycles. The van der Waals surface area contributed by atoms with Crippen LogP contribution in [0.2, 0.25) is 0 Å². The van der Waals surface area contributed by atoms with Gasteiger partial charge in [-0.15, -0.1) is 0 Å². The highest BCUT2D eigenvalue weighted by atomic mass is 16.5. The second-order valence-corrected chi connectivity index (χ2v) is 2.92. The summed E-state index contributed by atoms with van der Waals surface area (Å²) in [6.07, 6.45) is 1.31. The van der Waals surface area contributed by atoms with E-state index in [4.69, 9.17) is 15.6 Å². The second-order valence-electron chi connectivity index (χ2n) is 2.92. The summed E-state index contributed by atoms with van der Waals surface area (Å²) in [5, 5.41) is 11.9. The molecule has 0 fully saturated rings. The smallest absolute Gasteiger partial charge is 0.237 e. The minimum absolute atomic E-state index is 0.0154. The fraction of sp³-hybridized carbons (Fsp3) is 0.375. The number of anilines is 2. The number of fused-ring (bicyclic) bond motifs is 1. The zero-order valence-electron chi connectivity index (χ0n) is 7.03. The molecule has 1 aromatic rings. The Kier molecular flexibility index (Phi) is 1.94. The van der Waals surface area contributed by atoms with Crippen molar-refractivity contribution in [2.75, 3.05) is 24.2 Å². The number of ether oxygens (including phenoxy) is 1. The summed E-state index contributed by atoms with van der Waals surface area (Å²) in [6, 6.07) is 1.76. The number of nitrogen functional groups attached to an aromatic ring is 1. The highest BCUT2D eigenvalue weighted by Gasteiger charge is 2.19. The van der Waals surface area contributed by atoms with Gasteiger partial charge in [0.1, 0.15) is 6.10 Å². The zero-order chi connectivity index (χ0) is 9.26. The van der Waals surface area contributed by atoms with Crippen molar-refractivity contribution in [3.8, 4) is 5.88 Å². The van der Waals surface area contributed by atoms with Crippen LogP contribution in [-0.4, -0.2) is 29.3 Å². The molecule has 1 unspecified atom stereocenters. The highest BCUT2D eigenvalue weighted by Crippen LogP contribution is 2.27. The van der Waals surface area contributed by atoms with Crippen LogP contribution in [0.5, 0.6) is 5.88 Å². The van der Waals surface area contributed by atoms with Gasteiger partial charge in [0.2, 0.25) is 5.88 Å². The van der Waals surface area contributed by atoms with E-state index < -0.39 is 0 Å². The van der Waals surface area contributed by atoms with Gasteiger partial charge < -0.3 is 20.9 Å². The molecule has 1 aliphatic rings. The van der Waals surface area contributed by atoms with Crippen molar-refractivity contribution in [1.82, 2.24) is 4.98 Å². The Morgan fingerprint density at radius 1 is 1.77 bits per heavy atom. The number of aromatic nitrogens is 1.